The molecule has 1 unspecified atom stereocenters. The molecule has 0 saturated carbocycles. The zero-order chi connectivity index (χ0) is 15.7. The van der Waals surface area contributed by atoms with Crippen molar-refractivity contribution in [1.29, 1.82) is 0 Å². The summed E-state index contributed by atoms with van der Waals surface area (Å²) in [4.78, 5) is 14.5. The van der Waals surface area contributed by atoms with Gasteiger partial charge >= 0.3 is 0 Å². The lowest BCUT2D eigenvalue weighted by Gasteiger charge is -2.24. The van der Waals surface area contributed by atoms with E-state index >= 15 is 0 Å². The molecule has 1 N–H and O–H groups in total. The van der Waals surface area contributed by atoms with Crippen molar-refractivity contribution in [3.8, 4) is 0 Å². The van der Waals surface area contributed by atoms with Crippen LogP contribution in [0.4, 0.5) is 5.69 Å². The molecule has 0 bridgehead atoms. The molecule has 1 aromatic heterocycles. The standard InChI is InChI=1S/C17H22N4O/c1-20(2)13-9-7-12(8-10-13)17(22)19-15-5-4-6-16-14(15)11-18-21(16)3/h7-11,15H,4-6H2,1-3H3,(H,19,22). The lowest BCUT2D eigenvalue weighted by atomic mass is 9.93. The topological polar surface area (TPSA) is 50.2 Å². The zero-order valence-corrected chi connectivity index (χ0v) is 13.3. The number of hydrogen-bond acceptors (Lipinski definition) is 3. The van der Waals surface area contributed by atoms with E-state index < -0.39 is 0 Å². The van der Waals surface area contributed by atoms with E-state index in [0.29, 0.717) is 5.56 Å². The maximum absolute atomic E-state index is 12.5. The summed E-state index contributed by atoms with van der Waals surface area (Å²) in [6, 6.07) is 7.74. The van der Waals surface area contributed by atoms with E-state index in [9.17, 15) is 4.79 Å². The lowest BCUT2D eigenvalue weighted by molar-refractivity contribution is 0.0932. The lowest BCUT2D eigenvalue weighted by Crippen LogP contribution is -2.31. The molecule has 0 aliphatic heterocycles. The fraction of sp³-hybridized carbons (Fsp3) is 0.412. The highest BCUT2D eigenvalue weighted by molar-refractivity contribution is 5.94. The van der Waals surface area contributed by atoms with Crippen LogP contribution in [0.25, 0.3) is 0 Å². The minimum absolute atomic E-state index is 0.0213. The Kier molecular flexibility index (Phi) is 3.88. The van der Waals surface area contributed by atoms with Gasteiger partial charge in [0.2, 0.25) is 0 Å². The normalized spacial score (nSPS) is 17.0. The molecular weight excluding hydrogens is 276 g/mol. The molecule has 2 aromatic rings. The van der Waals surface area contributed by atoms with E-state index in [1.807, 2.05) is 61.2 Å². The van der Waals surface area contributed by atoms with Crippen molar-refractivity contribution < 1.29 is 4.79 Å². The summed E-state index contributed by atoms with van der Waals surface area (Å²) in [5, 5.41) is 7.47. The van der Waals surface area contributed by atoms with Crippen molar-refractivity contribution in [3.05, 3.63) is 47.3 Å². The summed E-state index contributed by atoms with van der Waals surface area (Å²) in [5.41, 5.74) is 4.18. The molecule has 5 heteroatoms. The first-order valence-corrected chi connectivity index (χ1v) is 7.65. The second-order valence-corrected chi connectivity index (χ2v) is 6.03. The number of nitrogens with zero attached hydrogens (tertiary/aromatic N) is 3. The number of fused-ring (bicyclic) bond motifs is 1. The fourth-order valence-electron chi connectivity index (χ4n) is 3.01. The molecule has 22 heavy (non-hydrogen) atoms. The van der Waals surface area contributed by atoms with Crippen LogP contribution in [0.3, 0.4) is 0 Å². The Morgan fingerprint density at radius 2 is 2.05 bits per heavy atom. The van der Waals surface area contributed by atoms with Crippen molar-refractivity contribution in [2.75, 3.05) is 19.0 Å². The first kappa shape index (κ1) is 14.6. The van der Waals surface area contributed by atoms with Crippen LogP contribution >= 0.6 is 0 Å². The number of hydrogen-bond donors (Lipinski definition) is 1. The van der Waals surface area contributed by atoms with Gasteiger partial charge in [-0.3, -0.25) is 9.48 Å². The summed E-state index contributed by atoms with van der Waals surface area (Å²) in [7, 11) is 5.94. The number of carbonyl (C=O) groups excluding carboxylic acids is 1. The SMILES string of the molecule is CN(C)c1ccc(C(=O)NC2CCCc3c2cnn3C)cc1. The maximum atomic E-state index is 12.5. The van der Waals surface area contributed by atoms with Crippen LogP contribution in [0.2, 0.25) is 0 Å². The average molecular weight is 298 g/mol. The van der Waals surface area contributed by atoms with Crippen molar-refractivity contribution in [2.45, 2.75) is 25.3 Å². The molecule has 0 fully saturated rings. The predicted molar refractivity (Wildman–Crippen MR) is 87.1 cm³/mol. The molecular formula is C17H22N4O. The molecule has 1 atom stereocenters. The van der Waals surface area contributed by atoms with Gasteiger partial charge in [0.15, 0.2) is 0 Å². The number of aromatic nitrogens is 2. The van der Waals surface area contributed by atoms with E-state index in [2.05, 4.69) is 10.4 Å². The van der Waals surface area contributed by atoms with Crippen LogP contribution in [0.15, 0.2) is 30.5 Å². The highest BCUT2D eigenvalue weighted by atomic mass is 16.1. The second kappa shape index (κ2) is 5.83. The third-order valence-electron chi connectivity index (χ3n) is 4.33. The number of carbonyl (C=O) groups is 1. The summed E-state index contributed by atoms with van der Waals surface area (Å²) < 4.78 is 1.92. The van der Waals surface area contributed by atoms with Gasteiger partial charge in [-0.1, -0.05) is 0 Å². The Bertz CT molecular complexity index is 672. The molecule has 5 nitrogen and oxygen atoms in total. The largest absolute Gasteiger partial charge is 0.378 e. The maximum Gasteiger partial charge on any atom is 0.251 e. The number of anilines is 1. The molecule has 0 spiro atoms. The highest BCUT2D eigenvalue weighted by Gasteiger charge is 2.25. The summed E-state index contributed by atoms with van der Waals surface area (Å²) in [6.07, 6.45) is 4.97. The predicted octanol–water partition coefficient (Wildman–Crippen LogP) is 2.29. The van der Waals surface area contributed by atoms with E-state index in [4.69, 9.17) is 0 Å². The third kappa shape index (κ3) is 2.71. The average Bonchev–Trinajstić information content (AvgIpc) is 2.90. The summed E-state index contributed by atoms with van der Waals surface area (Å²) in [6.45, 7) is 0. The van der Waals surface area contributed by atoms with Gasteiger partial charge in [0.1, 0.15) is 0 Å². The summed E-state index contributed by atoms with van der Waals surface area (Å²) >= 11 is 0. The number of rotatable bonds is 3. The van der Waals surface area contributed by atoms with Gasteiger partial charge in [-0.05, 0) is 43.5 Å². The van der Waals surface area contributed by atoms with Gasteiger partial charge in [-0.15, -0.1) is 0 Å². The minimum Gasteiger partial charge on any atom is -0.378 e. The molecule has 1 heterocycles. The van der Waals surface area contributed by atoms with Gasteiger partial charge in [-0.25, -0.2) is 0 Å². The van der Waals surface area contributed by atoms with Crippen LogP contribution in [0.1, 0.15) is 40.5 Å². The molecule has 1 amide bonds. The van der Waals surface area contributed by atoms with E-state index in [1.165, 1.54) is 5.69 Å². The molecule has 1 aliphatic carbocycles. The van der Waals surface area contributed by atoms with Crippen LogP contribution in [0.5, 0.6) is 0 Å². The number of aryl methyl sites for hydroxylation is 1. The Morgan fingerprint density at radius 3 is 2.73 bits per heavy atom. The van der Waals surface area contributed by atoms with Gasteiger partial charge in [-0.2, -0.15) is 5.10 Å². The van der Waals surface area contributed by atoms with E-state index in [0.717, 1.165) is 30.5 Å². The number of nitrogens with one attached hydrogen (secondary N) is 1. The van der Waals surface area contributed by atoms with Crippen LogP contribution < -0.4 is 10.2 Å². The highest BCUT2D eigenvalue weighted by Crippen LogP contribution is 2.29. The monoisotopic (exact) mass is 298 g/mol. The molecule has 1 aliphatic rings. The van der Waals surface area contributed by atoms with Crippen molar-refractivity contribution in [2.24, 2.45) is 7.05 Å². The molecule has 3 rings (SSSR count). The first-order chi connectivity index (χ1) is 10.6. The minimum atomic E-state index is -0.0213. The molecule has 1 aromatic carbocycles. The Morgan fingerprint density at radius 1 is 1.32 bits per heavy atom. The third-order valence-corrected chi connectivity index (χ3v) is 4.33. The van der Waals surface area contributed by atoms with Gasteiger partial charge in [0, 0.05) is 43.7 Å². The molecule has 116 valence electrons. The Labute approximate surface area is 130 Å². The van der Waals surface area contributed by atoms with Gasteiger partial charge < -0.3 is 10.2 Å². The van der Waals surface area contributed by atoms with Gasteiger partial charge in [0.05, 0.1) is 12.2 Å². The Hall–Kier alpha value is -2.30. The number of amides is 1. The second-order valence-electron chi connectivity index (χ2n) is 6.03. The summed E-state index contributed by atoms with van der Waals surface area (Å²) in [5.74, 6) is -0.0213. The van der Waals surface area contributed by atoms with Crippen molar-refractivity contribution in [3.63, 3.8) is 0 Å². The molecule has 0 radical (unpaired) electrons. The van der Waals surface area contributed by atoms with E-state index in [-0.39, 0.29) is 11.9 Å². The fourth-order valence-corrected chi connectivity index (χ4v) is 3.01. The number of benzene rings is 1. The van der Waals surface area contributed by atoms with Crippen LogP contribution in [-0.4, -0.2) is 29.8 Å². The molecule has 0 saturated heterocycles. The smallest absolute Gasteiger partial charge is 0.251 e. The van der Waals surface area contributed by atoms with Crippen molar-refractivity contribution in [1.82, 2.24) is 15.1 Å². The first-order valence-electron chi connectivity index (χ1n) is 7.65. The van der Waals surface area contributed by atoms with Crippen LogP contribution in [0, 0.1) is 0 Å². The zero-order valence-electron chi connectivity index (χ0n) is 13.3. The quantitative estimate of drug-likeness (QED) is 0.946. The van der Waals surface area contributed by atoms with E-state index in [1.54, 1.807) is 0 Å². The van der Waals surface area contributed by atoms with Crippen LogP contribution in [-0.2, 0) is 13.5 Å². The Balaban J connectivity index is 1.75. The van der Waals surface area contributed by atoms with Gasteiger partial charge in [0.25, 0.3) is 5.91 Å². The van der Waals surface area contributed by atoms with Crippen molar-refractivity contribution >= 4 is 11.6 Å².